The van der Waals surface area contributed by atoms with E-state index in [1.165, 1.54) is 19.2 Å². The number of hydrogen-bond acceptors (Lipinski definition) is 5. The van der Waals surface area contributed by atoms with Crippen LogP contribution in [0.2, 0.25) is 0 Å². The van der Waals surface area contributed by atoms with Crippen LogP contribution in [0.25, 0.3) is 0 Å². The number of halogens is 1. The maximum Gasteiger partial charge on any atom is 0.287 e. The predicted molar refractivity (Wildman–Crippen MR) is 80.1 cm³/mol. The van der Waals surface area contributed by atoms with E-state index in [9.17, 15) is 13.2 Å². The maximum absolute atomic E-state index is 12.0. The summed E-state index contributed by atoms with van der Waals surface area (Å²) in [5, 5.41) is 5.80. The Labute approximate surface area is 130 Å². The molecule has 21 heavy (non-hydrogen) atoms. The second kappa shape index (κ2) is 7.26. The molecule has 1 aliphatic heterocycles. The van der Waals surface area contributed by atoms with E-state index in [4.69, 9.17) is 4.42 Å². The quantitative estimate of drug-likeness (QED) is 0.735. The Bertz CT molecular complexity index is 587. The van der Waals surface area contributed by atoms with Gasteiger partial charge in [-0.3, -0.25) is 4.79 Å². The largest absolute Gasteiger partial charge is 0.438 e. The Hall–Kier alpha value is -1.09. The Morgan fingerprint density at radius 2 is 2.14 bits per heavy atom. The molecule has 7 nitrogen and oxygen atoms in total. The summed E-state index contributed by atoms with van der Waals surface area (Å²) < 4.78 is 30.3. The molecule has 0 aromatic carbocycles. The van der Waals surface area contributed by atoms with Crippen LogP contribution in [0.3, 0.4) is 0 Å². The van der Waals surface area contributed by atoms with Crippen molar-refractivity contribution < 1.29 is 17.6 Å². The van der Waals surface area contributed by atoms with E-state index in [0.29, 0.717) is 12.5 Å². The molecule has 9 heteroatoms. The number of sulfonamides is 1. The van der Waals surface area contributed by atoms with Crippen LogP contribution < -0.4 is 15.4 Å². The van der Waals surface area contributed by atoms with E-state index in [2.05, 4.69) is 22.3 Å². The molecule has 1 amide bonds. The fraction of sp³-hybridized carbons (Fsp3) is 0.583. The van der Waals surface area contributed by atoms with Crippen LogP contribution in [0.1, 0.15) is 23.9 Å². The third-order valence-corrected chi connectivity index (χ3v) is 4.77. The minimum absolute atomic E-state index is 0. The van der Waals surface area contributed by atoms with Gasteiger partial charge in [0.2, 0.25) is 5.09 Å². The van der Waals surface area contributed by atoms with Gasteiger partial charge in [0.05, 0.1) is 0 Å². The van der Waals surface area contributed by atoms with Crippen LogP contribution in [0.15, 0.2) is 21.6 Å². The molecule has 0 spiro atoms. The molecule has 0 aliphatic carbocycles. The van der Waals surface area contributed by atoms with Crippen molar-refractivity contribution in [2.75, 3.05) is 20.1 Å². The van der Waals surface area contributed by atoms with Gasteiger partial charge in [0.1, 0.15) is 0 Å². The fourth-order valence-electron chi connectivity index (χ4n) is 2.11. The molecule has 2 heterocycles. The van der Waals surface area contributed by atoms with Gasteiger partial charge in [0.25, 0.3) is 15.9 Å². The molecule has 120 valence electrons. The zero-order chi connectivity index (χ0) is 14.8. The molecule has 1 fully saturated rings. The lowest BCUT2D eigenvalue weighted by Crippen LogP contribution is -2.50. The van der Waals surface area contributed by atoms with E-state index < -0.39 is 15.9 Å². The van der Waals surface area contributed by atoms with Gasteiger partial charge in [-0.1, -0.05) is 6.92 Å². The standard InChI is InChI=1S/C12H19N3O4S.ClH/c1-8-5-6-14-7-9(8)15-12(16)10-3-4-11(19-10)20(17,18)13-2;/h3-4,8-9,13-14H,5-7H2,1-2H3,(H,15,16);1H. The van der Waals surface area contributed by atoms with Crippen molar-refractivity contribution >= 4 is 28.3 Å². The third-order valence-electron chi connectivity index (χ3n) is 3.48. The lowest BCUT2D eigenvalue weighted by molar-refractivity contribution is 0.0881. The molecule has 2 unspecified atom stereocenters. The zero-order valence-electron chi connectivity index (χ0n) is 11.9. The van der Waals surface area contributed by atoms with Crippen LogP contribution in [-0.2, 0) is 10.0 Å². The molecule has 1 aromatic rings. The number of amides is 1. The van der Waals surface area contributed by atoms with Gasteiger partial charge in [0, 0.05) is 12.6 Å². The van der Waals surface area contributed by atoms with E-state index in [1.54, 1.807) is 0 Å². The number of carbonyl (C=O) groups is 1. The SMILES string of the molecule is CNS(=O)(=O)c1ccc(C(=O)NC2CNCCC2C)o1.Cl. The van der Waals surface area contributed by atoms with Crippen LogP contribution in [0, 0.1) is 5.92 Å². The molecule has 1 saturated heterocycles. The highest BCUT2D eigenvalue weighted by Crippen LogP contribution is 2.15. The van der Waals surface area contributed by atoms with Gasteiger partial charge in [0.15, 0.2) is 5.76 Å². The second-order valence-corrected chi connectivity index (χ2v) is 6.69. The lowest BCUT2D eigenvalue weighted by atomic mass is 9.95. The highest BCUT2D eigenvalue weighted by Gasteiger charge is 2.25. The Balaban J connectivity index is 0.00000220. The maximum atomic E-state index is 12.0. The van der Waals surface area contributed by atoms with Crippen molar-refractivity contribution in [3.05, 3.63) is 17.9 Å². The second-order valence-electron chi connectivity index (χ2n) is 4.88. The number of piperidine rings is 1. The van der Waals surface area contributed by atoms with Crippen molar-refractivity contribution in [1.82, 2.24) is 15.4 Å². The van der Waals surface area contributed by atoms with Gasteiger partial charge < -0.3 is 15.1 Å². The van der Waals surface area contributed by atoms with Crippen LogP contribution in [-0.4, -0.2) is 40.5 Å². The first kappa shape index (κ1) is 18.0. The predicted octanol–water partition coefficient (Wildman–Crippen LogP) is 0.337. The first-order valence-electron chi connectivity index (χ1n) is 6.49. The van der Waals surface area contributed by atoms with Crippen molar-refractivity contribution in [2.45, 2.75) is 24.5 Å². The summed E-state index contributed by atoms with van der Waals surface area (Å²) in [6, 6.07) is 2.65. The number of rotatable bonds is 4. The molecular weight excluding hydrogens is 318 g/mol. The van der Waals surface area contributed by atoms with E-state index >= 15 is 0 Å². The highest BCUT2D eigenvalue weighted by molar-refractivity contribution is 7.89. The summed E-state index contributed by atoms with van der Waals surface area (Å²) in [6.07, 6.45) is 0.989. The fourth-order valence-corrected chi connectivity index (χ4v) is 2.76. The molecule has 1 aromatic heterocycles. The molecule has 2 atom stereocenters. The lowest BCUT2D eigenvalue weighted by Gasteiger charge is -2.29. The van der Waals surface area contributed by atoms with Crippen LogP contribution in [0.5, 0.6) is 0 Å². The van der Waals surface area contributed by atoms with Crippen LogP contribution >= 0.6 is 12.4 Å². The molecular formula is C12H20ClN3O4S. The molecule has 3 N–H and O–H groups in total. The Kier molecular flexibility index (Phi) is 6.21. The monoisotopic (exact) mass is 337 g/mol. The highest BCUT2D eigenvalue weighted by atomic mass is 35.5. The Morgan fingerprint density at radius 1 is 1.43 bits per heavy atom. The normalized spacial score (nSPS) is 22.4. The van der Waals surface area contributed by atoms with Gasteiger partial charge in [-0.25, -0.2) is 13.1 Å². The summed E-state index contributed by atoms with van der Waals surface area (Å²) in [6.45, 7) is 3.72. The average Bonchev–Trinajstić information content (AvgIpc) is 2.92. The average molecular weight is 338 g/mol. The number of carbonyl (C=O) groups excluding carboxylic acids is 1. The number of furan rings is 1. The summed E-state index contributed by atoms with van der Waals surface area (Å²) in [5.74, 6) is -0.0321. The van der Waals surface area contributed by atoms with Gasteiger partial charge in [-0.15, -0.1) is 12.4 Å². The van der Waals surface area contributed by atoms with Crippen molar-refractivity contribution in [3.63, 3.8) is 0 Å². The zero-order valence-corrected chi connectivity index (χ0v) is 13.5. The molecule has 0 saturated carbocycles. The molecule has 2 rings (SSSR count). The summed E-state index contributed by atoms with van der Waals surface area (Å²) >= 11 is 0. The minimum atomic E-state index is -3.66. The molecule has 0 bridgehead atoms. The smallest absolute Gasteiger partial charge is 0.287 e. The summed E-state index contributed by atoms with van der Waals surface area (Å²) in [7, 11) is -2.38. The van der Waals surface area contributed by atoms with Crippen LogP contribution in [0.4, 0.5) is 0 Å². The Morgan fingerprint density at radius 3 is 2.76 bits per heavy atom. The first-order valence-corrected chi connectivity index (χ1v) is 7.97. The van der Waals surface area contributed by atoms with Crippen molar-refractivity contribution in [1.29, 1.82) is 0 Å². The minimum Gasteiger partial charge on any atom is -0.438 e. The summed E-state index contributed by atoms with van der Waals surface area (Å²) in [4.78, 5) is 12.0. The van der Waals surface area contributed by atoms with E-state index in [-0.39, 0.29) is 29.3 Å². The first-order chi connectivity index (χ1) is 9.44. The van der Waals surface area contributed by atoms with Crippen molar-refractivity contribution in [3.8, 4) is 0 Å². The van der Waals surface area contributed by atoms with E-state index in [1.807, 2.05) is 0 Å². The molecule has 1 aliphatic rings. The number of nitrogens with one attached hydrogen (secondary N) is 3. The topological polar surface area (TPSA) is 100 Å². The van der Waals surface area contributed by atoms with Crippen molar-refractivity contribution in [2.24, 2.45) is 5.92 Å². The summed E-state index contributed by atoms with van der Waals surface area (Å²) in [5.41, 5.74) is 0. The van der Waals surface area contributed by atoms with Gasteiger partial charge in [-0.2, -0.15) is 0 Å². The third kappa shape index (κ3) is 4.19. The number of hydrogen-bond donors (Lipinski definition) is 3. The van der Waals surface area contributed by atoms with Gasteiger partial charge in [-0.05, 0) is 38.1 Å². The van der Waals surface area contributed by atoms with E-state index in [0.717, 1.165) is 13.0 Å². The van der Waals surface area contributed by atoms with Gasteiger partial charge >= 0.3 is 0 Å². The molecule has 0 radical (unpaired) electrons.